The molecule has 0 aliphatic heterocycles. The van der Waals surface area contributed by atoms with Crippen LogP contribution in [0.5, 0.6) is 0 Å². The van der Waals surface area contributed by atoms with Crippen molar-refractivity contribution in [3.8, 4) is 0 Å². The quantitative estimate of drug-likeness (QED) is 0.116. The summed E-state index contributed by atoms with van der Waals surface area (Å²) in [6.45, 7) is 0. The highest BCUT2D eigenvalue weighted by molar-refractivity contribution is 7.99. The first kappa shape index (κ1) is 15.2. The highest BCUT2D eigenvalue weighted by Crippen LogP contribution is 2.29. The van der Waals surface area contributed by atoms with Crippen LogP contribution in [0.3, 0.4) is 0 Å². The molecule has 1 rings (SSSR count). The normalized spacial score (nSPS) is 12.6. The molecule has 0 amide bonds. The van der Waals surface area contributed by atoms with Crippen LogP contribution in [0.15, 0.2) is 15.1 Å². The number of amidine groups is 1. The van der Waals surface area contributed by atoms with E-state index >= 15 is 0 Å². The number of nitrogens with one attached hydrogen (secondary N) is 2. The van der Waals surface area contributed by atoms with Crippen molar-refractivity contribution in [1.82, 2.24) is 15.4 Å². The van der Waals surface area contributed by atoms with Gasteiger partial charge in [0.15, 0.2) is 10.9 Å². The number of nitrogens with zero attached hydrogens (tertiary/aromatic N) is 2. The standard InChI is InChI=1S/C7H8F4N6OS/c8-3-4(7(9,10)11)14-6(15-5(3)18)19-1-2(16-12)17-13/h1,12-13H2,(H,16,17)(H,14,15,18). The number of halogens is 4. The number of hydrogen-bond donors (Lipinski definition) is 4. The molecule has 0 saturated carbocycles. The van der Waals surface area contributed by atoms with Gasteiger partial charge in [-0.05, 0) is 0 Å². The van der Waals surface area contributed by atoms with Crippen molar-refractivity contribution in [3.63, 3.8) is 0 Å². The third-order valence-electron chi connectivity index (χ3n) is 1.78. The summed E-state index contributed by atoms with van der Waals surface area (Å²) < 4.78 is 50.2. The lowest BCUT2D eigenvalue weighted by atomic mass is 10.4. The lowest BCUT2D eigenvalue weighted by Crippen LogP contribution is -2.33. The van der Waals surface area contributed by atoms with Crippen LogP contribution in [-0.2, 0) is 6.18 Å². The SMILES string of the molecule is N/N=C(/CSc1nc(C(F)(F)F)c(F)c(=O)[nH]1)NN. The molecule has 0 saturated heterocycles. The smallest absolute Gasteiger partial charge is 0.322 e. The second-order valence-electron chi connectivity index (χ2n) is 3.04. The molecule has 1 aromatic rings. The number of H-pyrrole nitrogens is 1. The number of aromatic nitrogens is 2. The number of nitrogens with two attached hydrogens (primary N) is 2. The fourth-order valence-electron chi connectivity index (χ4n) is 0.947. The molecule has 6 N–H and O–H groups in total. The third-order valence-corrected chi connectivity index (χ3v) is 2.66. The van der Waals surface area contributed by atoms with E-state index in [0.717, 1.165) is 0 Å². The van der Waals surface area contributed by atoms with Gasteiger partial charge in [-0.3, -0.25) is 9.78 Å². The van der Waals surface area contributed by atoms with Crippen LogP contribution in [0.2, 0.25) is 0 Å². The Labute approximate surface area is 107 Å². The lowest BCUT2D eigenvalue weighted by molar-refractivity contribution is -0.144. The van der Waals surface area contributed by atoms with E-state index in [1.807, 2.05) is 4.98 Å². The van der Waals surface area contributed by atoms with Crippen molar-refractivity contribution in [3.05, 3.63) is 21.9 Å². The van der Waals surface area contributed by atoms with E-state index in [1.54, 1.807) is 0 Å². The van der Waals surface area contributed by atoms with Gasteiger partial charge in [-0.15, -0.1) is 0 Å². The van der Waals surface area contributed by atoms with Gasteiger partial charge in [-0.25, -0.2) is 10.8 Å². The van der Waals surface area contributed by atoms with Crippen LogP contribution in [-0.4, -0.2) is 21.6 Å². The molecule has 0 radical (unpaired) electrons. The maximum absolute atomic E-state index is 13.0. The summed E-state index contributed by atoms with van der Waals surface area (Å²) in [5, 5.41) is 2.74. The van der Waals surface area contributed by atoms with Crippen molar-refractivity contribution >= 4 is 17.6 Å². The predicted molar refractivity (Wildman–Crippen MR) is 59.5 cm³/mol. The molecule has 0 spiro atoms. The van der Waals surface area contributed by atoms with E-state index in [9.17, 15) is 22.4 Å². The highest BCUT2D eigenvalue weighted by atomic mass is 32.2. The second-order valence-corrected chi connectivity index (χ2v) is 4.00. The van der Waals surface area contributed by atoms with Crippen molar-refractivity contribution < 1.29 is 17.6 Å². The van der Waals surface area contributed by atoms with Gasteiger partial charge in [0, 0.05) is 0 Å². The van der Waals surface area contributed by atoms with Gasteiger partial charge in [0.2, 0.25) is 5.82 Å². The Morgan fingerprint density at radius 2 is 2.16 bits per heavy atom. The number of hydrazone groups is 1. The minimum Gasteiger partial charge on any atom is -0.322 e. The van der Waals surface area contributed by atoms with Crippen molar-refractivity contribution in [1.29, 1.82) is 0 Å². The first-order valence-corrected chi connectivity index (χ1v) is 5.51. The van der Waals surface area contributed by atoms with E-state index in [4.69, 9.17) is 11.7 Å². The Balaban J connectivity index is 3.05. The van der Waals surface area contributed by atoms with Crippen molar-refractivity contribution in [2.75, 3.05) is 5.75 Å². The fraction of sp³-hybridized carbons (Fsp3) is 0.286. The molecule has 0 bridgehead atoms. The Hall–Kier alpha value is -1.82. The van der Waals surface area contributed by atoms with Gasteiger partial charge >= 0.3 is 6.18 Å². The van der Waals surface area contributed by atoms with Crippen LogP contribution in [0.25, 0.3) is 0 Å². The molecule has 1 heterocycles. The zero-order valence-corrected chi connectivity index (χ0v) is 9.90. The number of hydrazine groups is 1. The van der Waals surface area contributed by atoms with E-state index in [-0.39, 0.29) is 11.6 Å². The molecule has 0 aliphatic carbocycles. The van der Waals surface area contributed by atoms with E-state index < -0.39 is 28.4 Å². The molecular weight excluding hydrogens is 292 g/mol. The minimum absolute atomic E-state index is 0.0468. The second kappa shape index (κ2) is 5.88. The van der Waals surface area contributed by atoms with Gasteiger partial charge in [0.25, 0.3) is 5.56 Å². The molecule has 1 aromatic heterocycles. The molecule has 0 unspecified atom stereocenters. The first-order valence-electron chi connectivity index (χ1n) is 4.52. The molecule has 0 aromatic carbocycles. The minimum atomic E-state index is -5.06. The summed E-state index contributed by atoms with van der Waals surface area (Å²) in [4.78, 5) is 15.8. The van der Waals surface area contributed by atoms with E-state index in [1.165, 1.54) is 0 Å². The number of rotatable bonds is 3. The maximum Gasteiger partial charge on any atom is 0.436 e. The van der Waals surface area contributed by atoms with Crippen molar-refractivity contribution in [2.24, 2.45) is 16.8 Å². The van der Waals surface area contributed by atoms with Gasteiger partial charge in [-0.2, -0.15) is 22.7 Å². The fourth-order valence-corrected chi connectivity index (χ4v) is 1.70. The summed E-state index contributed by atoms with van der Waals surface area (Å²) >= 11 is 0.644. The Morgan fingerprint density at radius 1 is 1.53 bits per heavy atom. The summed E-state index contributed by atoms with van der Waals surface area (Å²) in [6, 6.07) is 0. The number of alkyl halides is 3. The predicted octanol–water partition coefficient (Wildman–Crippen LogP) is -0.245. The molecule has 0 aliphatic rings. The Kier molecular flexibility index (Phi) is 4.72. The number of aromatic amines is 1. The third kappa shape index (κ3) is 3.82. The zero-order valence-electron chi connectivity index (χ0n) is 9.08. The van der Waals surface area contributed by atoms with Gasteiger partial charge < -0.3 is 11.3 Å². The first-order chi connectivity index (χ1) is 8.79. The number of hydrogen-bond acceptors (Lipinski definition) is 6. The molecule has 19 heavy (non-hydrogen) atoms. The van der Waals surface area contributed by atoms with Crippen LogP contribution in [0.4, 0.5) is 17.6 Å². The Bertz CT molecular complexity index is 541. The van der Waals surface area contributed by atoms with Crippen LogP contribution >= 0.6 is 11.8 Å². The summed E-state index contributed by atoms with van der Waals surface area (Å²) in [5.74, 6) is 7.87. The topological polar surface area (TPSA) is 122 Å². The molecule has 7 nitrogen and oxygen atoms in total. The Morgan fingerprint density at radius 3 is 2.63 bits per heavy atom. The largest absolute Gasteiger partial charge is 0.436 e. The van der Waals surface area contributed by atoms with Crippen LogP contribution < -0.4 is 22.7 Å². The molecule has 12 heteroatoms. The average Bonchev–Trinajstić information content (AvgIpc) is 2.33. The van der Waals surface area contributed by atoms with Gasteiger partial charge in [0.1, 0.15) is 5.84 Å². The summed E-state index contributed by atoms with van der Waals surface area (Å²) in [5.41, 5.74) is -1.32. The molecule has 106 valence electrons. The van der Waals surface area contributed by atoms with Gasteiger partial charge in [-0.1, -0.05) is 11.8 Å². The lowest BCUT2D eigenvalue weighted by Gasteiger charge is -2.08. The average molecular weight is 300 g/mol. The van der Waals surface area contributed by atoms with Gasteiger partial charge in [0.05, 0.1) is 5.75 Å². The van der Waals surface area contributed by atoms with E-state index in [2.05, 4.69) is 15.5 Å². The monoisotopic (exact) mass is 300 g/mol. The summed E-state index contributed by atoms with van der Waals surface area (Å²) in [7, 11) is 0. The molecular formula is C7H8F4N6OS. The molecule has 0 atom stereocenters. The highest BCUT2D eigenvalue weighted by Gasteiger charge is 2.38. The summed E-state index contributed by atoms with van der Waals surface area (Å²) in [6.07, 6.45) is -5.06. The zero-order chi connectivity index (χ0) is 14.6. The van der Waals surface area contributed by atoms with Crippen LogP contribution in [0, 0.1) is 5.82 Å². The molecule has 0 fully saturated rings. The maximum atomic E-state index is 13.0. The number of thioether (sulfide) groups is 1. The van der Waals surface area contributed by atoms with E-state index in [0.29, 0.717) is 11.8 Å². The van der Waals surface area contributed by atoms with Crippen LogP contribution in [0.1, 0.15) is 5.69 Å². The van der Waals surface area contributed by atoms with Crippen molar-refractivity contribution in [2.45, 2.75) is 11.3 Å².